The van der Waals surface area contributed by atoms with Crippen LogP contribution in [0.1, 0.15) is 36.7 Å². The summed E-state index contributed by atoms with van der Waals surface area (Å²) in [5, 5.41) is 3.59. The van der Waals surface area contributed by atoms with Gasteiger partial charge in [-0.1, -0.05) is 24.6 Å². The van der Waals surface area contributed by atoms with E-state index in [1.54, 1.807) is 35.2 Å². The Balaban J connectivity index is 1.57. The molecule has 1 fully saturated rings. The van der Waals surface area contributed by atoms with Crippen LogP contribution in [0.15, 0.2) is 41.1 Å². The average molecular weight is 357 g/mol. The summed E-state index contributed by atoms with van der Waals surface area (Å²) in [6, 6.07) is 8.41. The van der Waals surface area contributed by atoms with Crippen LogP contribution in [0.3, 0.4) is 0 Å². The highest BCUT2D eigenvalue weighted by Crippen LogP contribution is 2.30. The van der Waals surface area contributed by atoms with E-state index in [4.69, 9.17) is 15.0 Å². The SMILES string of the molecule is CC[C@@H]1CN(C(=O)c2ccno2)CC[C@H]1CC(=O)Oc1cccc(N)c1. The fraction of sp³-hybridized carbons (Fsp3) is 0.421. The summed E-state index contributed by atoms with van der Waals surface area (Å²) in [5.74, 6) is 0.715. The Hall–Kier alpha value is -2.83. The van der Waals surface area contributed by atoms with Crippen molar-refractivity contribution in [1.82, 2.24) is 10.1 Å². The van der Waals surface area contributed by atoms with Gasteiger partial charge in [0.2, 0.25) is 5.76 Å². The van der Waals surface area contributed by atoms with Crippen molar-refractivity contribution in [2.75, 3.05) is 18.8 Å². The van der Waals surface area contributed by atoms with Crippen LogP contribution < -0.4 is 10.5 Å². The van der Waals surface area contributed by atoms with Gasteiger partial charge in [0.25, 0.3) is 5.91 Å². The molecule has 1 amide bonds. The molecule has 1 saturated heterocycles. The highest BCUT2D eigenvalue weighted by Gasteiger charge is 2.33. The number of benzene rings is 1. The third-order valence-electron chi connectivity index (χ3n) is 4.87. The predicted molar refractivity (Wildman–Crippen MR) is 95.4 cm³/mol. The van der Waals surface area contributed by atoms with Crippen molar-refractivity contribution < 1.29 is 18.8 Å². The molecule has 1 aromatic carbocycles. The lowest BCUT2D eigenvalue weighted by Gasteiger charge is -2.37. The summed E-state index contributed by atoms with van der Waals surface area (Å²) < 4.78 is 10.4. The maximum absolute atomic E-state index is 12.4. The van der Waals surface area contributed by atoms with Crippen molar-refractivity contribution >= 4 is 17.6 Å². The fourth-order valence-electron chi connectivity index (χ4n) is 3.44. The number of hydrogen-bond acceptors (Lipinski definition) is 6. The standard InChI is InChI=1S/C19H23N3O4/c1-2-13-12-22(19(24)17-6-8-21-26-17)9-7-14(13)10-18(23)25-16-5-3-4-15(20)11-16/h3-6,8,11,13-14H,2,7,9-10,12,20H2,1H3/t13-,14+/m1/s1. The first-order valence-corrected chi connectivity index (χ1v) is 8.83. The zero-order chi connectivity index (χ0) is 18.5. The monoisotopic (exact) mass is 357 g/mol. The molecule has 0 spiro atoms. The maximum atomic E-state index is 12.4. The third kappa shape index (κ3) is 4.22. The molecule has 2 N–H and O–H groups in total. The molecule has 1 aromatic heterocycles. The first-order valence-electron chi connectivity index (χ1n) is 8.83. The van der Waals surface area contributed by atoms with Gasteiger partial charge < -0.3 is 19.9 Å². The number of anilines is 1. The number of carbonyl (C=O) groups excluding carboxylic acids is 2. The summed E-state index contributed by atoms with van der Waals surface area (Å²) in [5.41, 5.74) is 6.26. The Kier molecular flexibility index (Phi) is 5.55. The van der Waals surface area contributed by atoms with Gasteiger partial charge in [0.05, 0.1) is 6.20 Å². The molecule has 0 bridgehead atoms. The molecule has 138 valence electrons. The van der Waals surface area contributed by atoms with Crippen LogP contribution in [-0.2, 0) is 4.79 Å². The quantitative estimate of drug-likeness (QED) is 0.502. The summed E-state index contributed by atoms with van der Waals surface area (Å²) in [6.45, 7) is 3.27. The van der Waals surface area contributed by atoms with Crippen LogP contribution in [0, 0.1) is 11.8 Å². The second-order valence-electron chi connectivity index (χ2n) is 6.60. The van der Waals surface area contributed by atoms with Crippen LogP contribution in [-0.4, -0.2) is 35.0 Å². The minimum absolute atomic E-state index is 0.151. The number of likely N-dealkylation sites (tertiary alicyclic amines) is 1. The number of nitrogens with two attached hydrogens (primary N) is 1. The number of carbonyl (C=O) groups is 2. The van der Waals surface area contributed by atoms with E-state index in [1.807, 2.05) is 0 Å². The molecule has 2 heterocycles. The molecule has 7 nitrogen and oxygen atoms in total. The predicted octanol–water partition coefficient (Wildman–Crippen LogP) is 2.74. The molecule has 2 aromatic rings. The molecule has 0 saturated carbocycles. The number of hydrogen-bond donors (Lipinski definition) is 1. The zero-order valence-corrected chi connectivity index (χ0v) is 14.8. The lowest BCUT2D eigenvalue weighted by atomic mass is 9.81. The number of esters is 1. The average Bonchev–Trinajstić information content (AvgIpc) is 3.16. The van der Waals surface area contributed by atoms with E-state index >= 15 is 0 Å². The van der Waals surface area contributed by atoms with Gasteiger partial charge in [-0.25, -0.2) is 0 Å². The minimum Gasteiger partial charge on any atom is -0.426 e. The normalized spacial score (nSPS) is 20.0. The number of amides is 1. The van der Waals surface area contributed by atoms with Gasteiger partial charge in [-0.3, -0.25) is 9.59 Å². The van der Waals surface area contributed by atoms with Crippen molar-refractivity contribution in [3.8, 4) is 5.75 Å². The molecule has 26 heavy (non-hydrogen) atoms. The summed E-state index contributed by atoms with van der Waals surface area (Å²) in [4.78, 5) is 26.5. The summed E-state index contributed by atoms with van der Waals surface area (Å²) in [7, 11) is 0. The first-order chi connectivity index (χ1) is 12.6. The van der Waals surface area contributed by atoms with Gasteiger partial charge in [-0.2, -0.15) is 0 Å². The molecule has 0 unspecified atom stereocenters. The largest absolute Gasteiger partial charge is 0.426 e. The van der Waals surface area contributed by atoms with Crippen molar-refractivity contribution in [3.63, 3.8) is 0 Å². The second kappa shape index (κ2) is 8.03. The Morgan fingerprint density at radius 3 is 2.88 bits per heavy atom. The number of rotatable bonds is 5. The van der Waals surface area contributed by atoms with Gasteiger partial charge in [-0.05, 0) is 30.4 Å². The van der Waals surface area contributed by atoms with E-state index < -0.39 is 0 Å². The fourth-order valence-corrected chi connectivity index (χ4v) is 3.44. The van der Waals surface area contributed by atoms with Gasteiger partial charge in [-0.15, -0.1) is 0 Å². The van der Waals surface area contributed by atoms with Crippen LogP contribution in [0.5, 0.6) is 5.75 Å². The van der Waals surface area contributed by atoms with Crippen LogP contribution in [0.2, 0.25) is 0 Å². The van der Waals surface area contributed by atoms with Gasteiger partial charge in [0, 0.05) is 37.3 Å². The van der Waals surface area contributed by atoms with E-state index in [-0.39, 0.29) is 29.5 Å². The first kappa shape index (κ1) is 18.0. The van der Waals surface area contributed by atoms with Gasteiger partial charge >= 0.3 is 5.97 Å². The summed E-state index contributed by atoms with van der Waals surface area (Å²) in [6.07, 6.45) is 3.43. The Morgan fingerprint density at radius 1 is 1.35 bits per heavy atom. The molecule has 3 rings (SSSR count). The Bertz CT molecular complexity index is 760. The van der Waals surface area contributed by atoms with Crippen LogP contribution in [0.4, 0.5) is 5.69 Å². The number of ether oxygens (including phenoxy) is 1. The molecule has 1 aliphatic heterocycles. The van der Waals surface area contributed by atoms with E-state index in [0.29, 0.717) is 30.9 Å². The maximum Gasteiger partial charge on any atom is 0.311 e. The van der Waals surface area contributed by atoms with Crippen molar-refractivity contribution in [2.24, 2.45) is 11.8 Å². The smallest absolute Gasteiger partial charge is 0.311 e. The van der Waals surface area contributed by atoms with Crippen molar-refractivity contribution in [3.05, 3.63) is 42.3 Å². The Labute approximate surface area is 152 Å². The highest BCUT2D eigenvalue weighted by molar-refractivity contribution is 5.91. The van der Waals surface area contributed by atoms with Crippen LogP contribution >= 0.6 is 0 Å². The topological polar surface area (TPSA) is 98.7 Å². The van der Waals surface area contributed by atoms with Crippen molar-refractivity contribution in [1.29, 1.82) is 0 Å². The molecule has 2 atom stereocenters. The van der Waals surface area contributed by atoms with E-state index in [1.165, 1.54) is 6.20 Å². The summed E-state index contributed by atoms with van der Waals surface area (Å²) >= 11 is 0. The number of aromatic nitrogens is 1. The molecular weight excluding hydrogens is 334 g/mol. The Morgan fingerprint density at radius 2 is 2.19 bits per heavy atom. The molecular formula is C19H23N3O4. The molecule has 7 heteroatoms. The van der Waals surface area contributed by atoms with E-state index in [9.17, 15) is 9.59 Å². The number of piperidine rings is 1. The molecule has 1 aliphatic rings. The second-order valence-corrected chi connectivity index (χ2v) is 6.60. The van der Waals surface area contributed by atoms with Gasteiger partial charge in [0.1, 0.15) is 5.75 Å². The lowest BCUT2D eigenvalue weighted by Crippen LogP contribution is -2.44. The molecule has 0 radical (unpaired) electrons. The zero-order valence-electron chi connectivity index (χ0n) is 14.8. The lowest BCUT2D eigenvalue weighted by molar-refractivity contribution is -0.136. The highest BCUT2D eigenvalue weighted by atomic mass is 16.5. The van der Waals surface area contributed by atoms with E-state index in [2.05, 4.69) is 12.1 Å². The molecule has 0 aliphatic carbocycles. The minimum atomic E-state index is -0.269. The number of nitrogen functional groups attached to an aromatic ring is 1. The van der Waals surface area contributed by atoms with Crippen LogP contribution in [0.25, 0.3) is 0 Å². The van der Waals surface area contributed by atoms with Gasteiger partial charge in [0.15, 0.2) is 0 Å². The third-order valence-corrected chi connectivity index (χ3v) is 4.87. The van der Waals surface area contributed by atoms with Crippen molar-refractivity contribution in [2.45, 2.75) is 26.2 Å². The number of nitrogens with zero attached hydrogens (tertiary/aromatic N) is 2. The van der Waals surface area contributed by atoms with E-state index in [0.717, 1.165) is 12.8 Å².